The summed E-state index contributed by atoms with van der Waals surface area (Å²) in [6.45, 7) is 2.16. The molecule has 0 bridgehead atoms. The molecule has 2 aromatic rings. The van der Waals surface area contributed by atoms with Crippen molar-refractivity contribution in [2.24, 2.45) is 0 Å². The Hall–Kier alpha value is -1.68. The molecular formula is C13H15FN2O. The molecule has 1 aromatic heterocycles. The Kier molecular flexibility index (Phi) is 3.54. The molecule has 0 aliphatic carbocycles. The Labute approximate surface area is 99.5 Å². The Balaban J connectivity index is 2.27. The van der Waals surface area contributed by atoms with Crippen LogP contribution in [0, 0.1) is 12.7 Å². The van der Waals surface area contributed by atoms with Crippen LogP contribution in [0.2, 0.25) is 0 Å². The normalized spacial score (nSPS) is 10.8. The molecule has 0 unspecified atom stereocenters. The highest BCUT2D eigenvalue weighted by Gasteiger charge is 2.07. The zero-order valence-electron chi connectivity index (χ0n) is 9.73. The lowest BCUT2D eigenvalue weighted by Crippen LogP contribution is -2.00. The molecule has 0 radical (unpaired) electrons. The molecule has 4 heteroatoms. The van der Waals surface area contributed by atoms with Crippen LogP contribution >= 0.6 is 0 Å². The van der Waals surface area contributed by atoms with Gasteiger partial charge in [0.15, 0.2) is 0 Å². The summed E-state index contributed by atoms with van der Waals surface area (Å²) >= 11 is 0. The first kappa shape index (κ1) is 11.8. The number of hydrogen-bond donors (Lipinski definition) is 1. The second-order valence-corrected chi connectivity index (χ2v) is 3.97. The summed E-state index contributed by atoms with van der Waals surface area (Å²) in [5, 5.41) is 13.1. The van der Waals surface area contributed by atoms with Gasteiger partial charge in [0.1, 0.15) is 5.82 Å². The molecule has 90 valence electrons. The van der Waals surface area contributed by atoms with E-state index in [-0.39, 0.29) is 12.4 Å². The number of aliphatic hydroxyl groups excluding tert-OH is 1. The van der Waals surface area contributed by atoms with Gasteiger partial charge in [-0.1, -0.05) is 0 Å². The molecule has 2 rings (SSSR count). The standard InChI is InChI=1S/C13H15FN2O/c1-10-11(3-2-8-17)9-15-16(10)13-6-4-12(14)5-7-13/h4-7,9,17H,2-3,8H2,1H3. The van der Waals surface area contributed by atoms with Crippen molar-refractivity contribution in [2.45, 2.75) is 19.8 Å². The van der Waals surface area contributed by atoms with Gasteiger partial charge in [-0.3, -0.25) is 0 Å². The van der Waals surface area contributed by atoms with Gasteiger partial charge in [0.2, 0.25) is 0 Å². The molecule has 0 fully saturated rings. The minimum atomic E-state index is -0.251. The van der Waals surface area contributed by atoms with E-state index in [1.54, 1.807) is 23.0 Å². The van der Waals surface area contributed by atoms with E-state index in [1.165, 1.54) is 12.1 Å². The number of rotatable bonds is 4. The maximum absolute atomic E-state index is 12.8. The number of nitrogens with zero attached hydrogens (tertiary/aromatic N) is 2. The number of hydrogen-bond acceptors (Lipinski definition) is 2. The number of aryl methyl sites for hydroxylation is 1. The van der Waals surface area contributed by atoms with Crippen LogP contribution in [0.5, 0.6) is 0 Å². The quantitative estimate of drug-likeness (QED) is 0.881. The van der Waals surface area contributed by atoms with Crippen LogP contribution in [0.1, 0.15) is 17.7 Å². The lowest BCUT2D eigenvalue weighted by atomic mass is 10.1. The summed E-state index contributed by atoms with van der Waals surface area (Å²) in [6, 6.07) is 6.24. The van der Waals surface area contributed by atoms with Gasteiger partial charge >= 0.3 is 0 Å². The van der Waals surface area contributed by atoms with Crippen molar-refractivity contribution < 1.29 is 9.50 Å². The molecule has 0 atom stereocenters. The van der Waals surface area contributed by atoms with Gasteiger partial charge in [-0.2, -0.15) is 5.10 Å². The highest BCUT2D eigenvalue weighted by molar-refractivity contribution is 5.34. The average Bonchev–Trinajstić information content (AvgIpc) is 2.69. The fourth-order valence-corrected chi connectivity index (χ4v) is 1.80. The summed E-state index contributed by atoms with van der Waals surface area (Å²) in [7, 11) is 0. The lowest BCUT2D eigenvalue weighted by molar-refractivity contribution is 0.288. The molecule has 0 amide bonds. The number of aliphatic hydroxyl groups is 1. The molecule has 0 saturated carbocycles. The Morgan fingerprint density at radius 2 is 2.00 bits per heavy atom. The van der Waals surface area contributed by atoms with Crippen LogP contribution in [0.4, 0.5) is 4.39 Å². The third kappa shape index (κ3) is 2.53. The van der Waals surface area contributed by atoms with Crippen molar-refractivity contribution in [3.05, 3.63) is 47.5 Å². The molecular weight excluding hydrogens is 219 g/mol. The second-order valence-electron chi connectivity index (χ2n) is 3.97. The SMILES string of the molecule is Cc1c(CCCO)cnn1-c1ccc(F)cc1. The zero-order valence-corrected chi connectivity index (χ0v) is 9.73. The van der Waals surface area contributed by atoms with Crippen LogP contribution in [-0.2, 0) is 6.42 Å². The van der Waals surface area contributed by atoms with Crippen LogP contribution in [0.25, 0.3) is 5.69 Å². The molecule has 0 spiro atoms. The summed E-state index contributed by atoms with van der Waals surface area (Å²) in [5.41, 5.74) is 2.99. The van der Waals surface area contributed by atoms with E-state index in [1.807, 2.05) is 6.92 Å². The van der Waals surface area contributed by atoms with E-state index in [9.17, 15) is 4.39 Å². The fraction of sp³-hybridized carbons (Fsp3) is 0.308. The van der Waals surface area contributed by atoms with E-state index in [0.717, 1.165) is 29.8 Å². The van der Waals surface area contributed by atoms with Gasteiger partial charge < -0.3 is 5.11 Å². The van der Waals surface area contributed by atoms with Crippen LogP contribution in [-0.4, -0.2) is 21.5 Å². The zero-order chi connectivity index (χ0) is 12.3. The first-order valence-corrected chi connectivity index (χ1v) is 5.62. The maximum Gasteiger partial charge on any atom is 0.123 e. The average molecular weight is 234 g/mol. The monoisotopic (exact) mass is 234 g/mol. The summed E-state index contributed by atoms with van der Waals surface area (Å²) < 4.78 is 14.6. The minimum absolute atomic E-state index is 0.182. The molecule has 0 saturated heterocycles. The highest BCUT2D eigenvalue weighted by atomic mass is 19.1. The van der Waals surface area contributed by atoms with Gasteiger partial charge in [0.05, 0.1) is 11.9 Å². The summed E-state index contributed by atoms with van der Waals surface area (Å²) in [6.07, 6.45) is 3.34. The number of halogens is 1. The topological polar surface area (TPSA) is 38.1 Å². The molecule has 0 aliphatic heterocycles. The smallest absolute Gasteiger partial charge is 0.123 e. The van der Waals surface area contributed by atoms with E-state index < -0.39 is 0 Å². The molecule has 17 heavy (non-hydrogen) atoms. The maximum atomic E-state index is 12.8. The number of aromatic nitrogens is 2. The number of benzene rings is 1. The van der Waals surface area contributed by atoms with Gasteiger partial charge in [-0.15, -0.1) is 0 Å². The molecule has 1 aromatic carbocycles. The molecule has 1 N–H and O–H groups in total. The van der Waals surface area contributed by atoms with E-state index >= 15 is 0 Å². The first-order chi connectivity index (χ1) is 8.22. The second kappa shape index (κ2) is 5.10. The Morgan fingerprint density at radius 1 is 1.29 bits per heavy atom. The van der Waals surface area contributed by atoms with Crippen LogP contribution < -0.4 is 0 Å². The summed E-state index contributed by atoms with van der Waals surface area (Å²) in [4.78, 5) is 0. The van der Waals surface area contributed by atoms with Crippen molar-refractivity contribution >= 4 is 0 Å². The van der Waals surface area contributed by atoms with Crippen LogP contribution in [0.15, 0.2) is 30.5 Å². The Bertz CT molecular complexity index is 491. The predicted molar refractivity (Wildman–Crippen MR) is 63.7 cm³/mol. The third-order valence-corrected chi connectivity index (χ3v) is 2.79. The predicted octanol–water partition coefficient (Wildman–Crippen LogP) is 2.24. The molecule has 3 nitrogen and oxygen atoms in total. The lowest BCUT2D eigenvalue weighted by Gasteiger charge is -2.05. The largest absolute Gasteiger partial charge is 0.396 e. The minimum Gasteiger partial charge on any atom is -0.396 e. The van der Waals surface area contributed by atoms with E-state index in [0.29, 0.717) is 0 Å². The third-order valence-electron chi connectivity index (χ3n) is 2.79. The van der Waals surface area contributed by atoms with Gasteiger partial charge in [0.25, 0.3) is 0 Å². The van der Waals surface area contributed by atoms with Crippen molar-refractivity contribution in [1.29, 1.82) is 0 Å². The molecule has 0 aliphatic rings. The van der Waals surface area contributed by atoms with E-state index in [4.69, 9.17) is 5.11 Å². The van der Waals surface area contributed by atoms with Gasteiger partial charge in [-0.05, 0) is 49.6 Å². The fourth-order valence-electron chi connectivity index (χ4n) is 1.80. The summed E-state index contributed by atoms with van der Waals surface area (Å²) in [5.74, 6) is -0.251. The van der Waals surface area contributed by atoms with E-state index in [2.05, 4.69) is 5.10 Å². The van der Waals surface area contributed by atoms with Gasteiger partial charge in [0, 0.05) is 12.3 Å². The highest BCUT2D eigenvalue weighted by Crippen LogP contribution is 2.15. The van der Waals surface area contributed by atoms with Crippen molar-refractivity contribution in [3.63, 3.8) is 0 Å². The van der Waals surface area contributed by atoms with Crippen molar-refractivity contribution in [1.82, 2.24) is 9.78 Å². The Morgan fingerprint density at radius 3 is 2.65 bits per heavy atom. The van der Waals surface area contributed by atoms with Crippen LogP contribution in [0.3, 0.4) is 0 Å². The van der Waals surface area contributed by atoms with Crippen molar-refractivity contribution in [3.8, 4) is 5.69 Å². The first-order valence-electron chi connectivity index (χ1n) is 5.62. The van der Waals surface area contributed by atoms with Gasteiger partial charge in [-0.25, -0.2) is 9.07 Å². The van der Waals surface area contributed by atoms with Crippen molar-refractivity contribution in [2.75, 3.05) is 6.61 Å². The molecule has 1 heterocycles.